The Morgan fingerprint density at radius 2 is 2.08 bits per heavy atom. The van der Waals surface area contributed by atoms with Gasteiger partial charge in [-0.3, -0.25) is 14.9 Å². The van der Waals surface area contributed by atoms with Gasteiger partial charge in [-0.25, -0.2) is 14.2 Å². The first-order chi connectivity index (χ1) is 12.1. The molecule has 0 bridgehead atoms. The van der Waals surface area contributed by atoms with Gasteiger partial charge in [0.15, 0.2) is 5.65 Å². The van der Waals surface area contributed by atoms with Crippen molar-refractivity contribution in [1.29, 1.82) is 0 Å². The normalized spacial score (nSPS) is 11.5. The van der Waals surface area contributed by atoms with Crippen LogP contribution in [0.3, 0.4) is 0 Å². The van der Waals surface area contributed by atoms with Crippen LogP contribution in [0.25, 0.3) is 22.5 Å². The number of hydrogen-bond acceptors (Lipinski definition) is 4. The zero-order chi connectivity index (χ0) is 17.6. The molecule has 0 aliphatic heterocycles. The predicted molar refractivity (Wildman–Crippen MR) is 95.0 cm³/mol. The second kappa shape index (κ2) is 5.70. The third kappa shape index (κ3) is 2.44. The van der Waals surface area contributed by atoms with Gasteiger partial charge in [-0.2, -0.15) is 5.10 Å². The summed E-state index contributed by atoms with van der Waals surface area (Å²) in [6, 6.07) is 3.79. The molecule has 0 fully saturated rings. The number of aryl methyl sites for hydroxylation is 1. The molecule has 7 heteroatoms. The number of rotatable bonds is 3. The van der Waals surface area contributed by atoms with Gasteiger partial charge in [-0.05, 0) is 25.0 Å². The minimum Gasteiger partial charge on any atom is -0.296 e. The Balaban J connectivity index is 1.86. The summed E-state index contributed by atoms with van der Waals surface area (Å²) >= 11 is 0. The van der Waals surface area contributed by atoms with Gasteiger partial charge >= 0.3 is 0 Å². The summed E-state index contributed by atoms with van der Waals surface area (Å²) in [7, 11) is 0. The molecule has 0 spiro atoms. The van der Waals surface area contributed by atoms with Gasteiger partial charge in [0, 0.05) is 41.0 Å². The summed E-state index contributed by atoms with van der Waals surface area (Å²) in [5.74, 6) is 0.122. The summed E-state index contributed by atoms with van der Waals surface area (Å²) in [4.78, 5) is 21.5. The molecule has 0 atom stereocenters. The maximum Gasteiger partial charge on any atom is 0.276 e. The summed E-state index contributed by atoms with van der Waals surface area (Å²) in [6.07, 6.45) is 8.91. The summed E-state index contributed by atoms with van der Waals surface area (Å²) in [6.45, 7) is 5.88. The Morgan fingerprint density at radius 3 is 2.80 bits per heavy atom. The van der Waals surface area contributed by atoms with Crippen LogP contribution in [0.15, 0.2) is 47.9 Å². The third-order valence-electron chi connectivity index (χ3n) is 4.27. The first-order valence-corrected chi connectivity index (χ1v) is 8.12. The molecule has 7 nitrogen and oxygen atoms in total. The third-order valence-corrected chi connectivity index (χ3v) is 4.27. The summed E-state index contributed by atoms with van der Waals surface area (Å²) in [5, 5.41) is 7.41. The fraction of sp³-hybridized carbons (Fsp3) is 0.222. The van der Waals surface area contributed by atoms with Crippen LogP contribution in [-0.4, -0.2) is 29.4 Å². The van der Waals surface area contributed by atoms with Crippen molar-refractivity contribution >= 4 is 5.65 Å². The summed E-state index contributed by atoms with van der Waals surface area (Å²) < 4.78 is 3.25. The van der Waals surface area contributed by atoms with Gasteiger partial charge in [0.1, 0.15) is 0 Å². The minimum absolute atomic E-state index is 0.0524. The van der Waals surface area contributed by atoms with Gasteiger partial charge in [-0.15, -0.1) is 0 Å². The van der Waals surface area contributed by atoms with Gasteiger partial charge in [-0.1, -0.05) is 13.8 Å². The van der Waals surface area contributed by atoms with Crippen molar-refractivity contribution in [2.75, 3.05) is 0 Å². The molecule has 0 unspecified atom stereocenters. The highest BCUT2D eigenvalue weighted by atomic mass is 16.1. The lowest BCUT2D eigenvalue weighted by atomic mass is 10.0. The standard InChI is InChI=1S/C18H18N6O/c1-11(2)16-12(3)22-17-15(9-21-24(17)18(16)25)13-7-20-23(10-13)14-5-4-6-19-8-14/h4-11,21H,1-3H3. The van der Waals surface area contributed by atoms with E-state index < -0.39 is 0 Å². The predicted octanol–water partition coefficient (Wildman–Crippen LogP) is 2.70. The fourth-order valence-corrected chi connectivity index (χ4v) is 3.10. The van der Waals surface area contributed by atoms with Crippen LogP contribution in [0.4, 0.5) is 0 Å². The van der Waals surface area contributed by atoms with E-state index in [1.54, 1.807) is 29.5 Å². The minimum atomic E-state index is -0.0524. The van der Waals surface area contributed by atoms with Crippen LogP contribution in [0.2, 0.25) is 0 Å². The molecule has 0 saturated heterocycles. The van der Waals surface area contributed by atoms with Crippen LogP contribution in [-0.2, 0) is 0 Å². The highest BCUT2D eigenvalue weighted by Gasteiger charge is 2.17. The molecule has 0 aliphatic rings. The largest absolute Gasteiger partial charge is 0.296 e. The van der Waals surface area contributed by atoms with Crippen LogP contribution in [0, 0.1) is 6.92 Å². The van der Waals surface area contributed by atoms with Crippen molar-refractivity contribution in [2.45, 2.75) is 26.7 Å². The Morgan fingerprint density at radius 1 is 1.24 bits per heavy atom. The van der Waals surface area contributed by atoms with E-state index >= 15 is 0 Å². The molecule has 0 amide bonds. The maximum absolute atomic E-state index is 12.7. The monoisotopic (exact) mass is 334 g/mol. The number of pyridine rings is 1. The number of aromatic amines is 1. The van der Waals surface area contributed by atoms with E-state index in [1.807, 2.05) is 39.1 Å². The number of nitrogens with zero attached hydrogens (tertiary/aromatic N) is 5. The van der Waals surface area contributed by atoms with Crippen molar-refractivity contribution in [3.8, 4) is 16.8 Å². The van der Waals surface area contributed by atoms with Gasteiger partial charge in [0.05, 0.1) is 18.1 Å². The van der Waals surface area contributed by atoms with Crippen LogP contribution in [0.1, 0.15) is 31.0 Å². The highest BCUT2D eigenvalue weighted by molar-refractivity contribution is 5.76. The number of H-pyrrole nitrogens is 1. The van der Waals surface area contributed by atoms with E-state index in [0.717, 1.165) is 28.1 Å². The molecule has 4 aromatic heterocycles. The van der Waals surface area contributed by atoms with Crippen molar-refractivity contribution in [1.82, 2.24) is 29.4 Å². The quantitative estimate of drug-likeness (QED) is 0.624. The van der Waals surface area contributed by atoms with E-state index in [9.17, 15) is 4.79 Å². The van der Waals surface area contributed by atoms with Crippen molar-refractivity contribution in [3.05, 3.63) is 64.7 Å². The zero-order valence-electron chi connectivity index (χ0n) is 14.3. The van der Waals surface area contributed by atoms with Gasteiger partial charge in [0.25, 0.3) is 5.56 Å². The number of hydrogen-bond donors (Lipinski definition) is 1. The molecule has 0 saturated carbocycles. The van der Waals surface area contributed by atoms with Crippen molar-refractivity contribution in [3.63, 3.8) is 0 Å². The lowest BCUT2D eigenvalue weighted by molar-refractivity contribution is 0.780. The van der Waals surface area contributed by atoms with Gasteiger partial charge < -0.3 is 0 Å². The first-order valence-electron chi connectivity index (χ1n) is 8.12. The molecule has 4 rings (SSSR count). The van der Waals surface area contributed by atoms with E-state index in [0.29, 0.717) is 5.65 Å². The number of nitrogens with one attached hydrogen (secondary N) is 1. The average Bonchev–Trinajstić information content (AvgIpc) is 3.22. The Kier molecular flexibility index (Phi) is 3.49. The fourth-order valence-electron chi connectivity index (χ4n) is 3.10. The van der Waals surface area contributed by atoms with Gasteiger partial charge in [0.2, 0.25) is 0 Å². The first kappa shape index (κ1) is 15.3. The van der Waals surface area contributed by atoms with Crippen molar-refractivity contribution < 1.29 is 0 Å². The smallest absolute Gasteiger partial charge is 0.276 e. The lowest BCUT2D eigenvalue weighted by Gasteiger charge is -2.08. The Hall–Kier alpha value is -3.22. The van der Waals surface area contributed by atoms with E-state index in [4.69, 9.17) is 0 Å². The molecule has 25 heavy (non-hydrogen) atoms. The molecule has 4 heterocycles. The van der Waals surface area contributed by atoms with Crippen molar-refractivity contribution in [2.24, 2.45) is 0 Å². The molecular formula is C18H18N6O. The summed E-state index contributed by atoms with van der Waals surface area (Å²) in [5.41, 5.74) is 4.65. The van der Waals surface area contributed by atoms with E-state index in [-0.39, 0.29) is 11.5 Å². The zero-order valence-corrected chi connectivity index (χ0v) is 14.3. The molecule has 1 N–H and O–H groups in total. The molecule has 0 aliphatic carbocycles. The van der Waals surface area contributed by atoms with E-state index in [2.05, 4.69) is 20.2 Å². The Labute approximate surface area is 144 Å². The number of aromatic nitrogens is 6. The molecule has 4 aromatic rings. The maximum atomic E-state index is 12.7. The SMILES string of the molecule is Cc1nc2c(-c3cnn(-c4cccnc4)c3)c[nH]n2c(=O)c1C(C)C. The number of fused-ring (bicyclic) bond motifs is 1. The lowest BCUT2D eigenvalue weighted by Crippen LogP contribution is -2.22. The molecule has 0 radical (unpaired) electrons. The molecule has 126 valence electrons. The molecular weight excluding hydrogens is 316 g/mol. The average molecular weight is 334 g/mol. The van der Waals surface area contributed by atoms with E-state index in [1.165, 1.54) is 4.52 Å². The Bertz CT molecular complexity index is 1100. The van der Waals surface area contributed by atoms with Crippen LogP contribution in [0.5, 0.6) is 0 Å². The second-order valence-electron chi connectivity index (χ2n) is 6.30. The van der Waals surface area contributed by atoms with Crippen LogP contribution >= 0.6 is 0 Å². The topological polar surface area (TPSA) is 80.9 Å². The highest BCUT2D eigenvalue weighted by Crippen LogP contribution is 2.24. The van der Waals surface area contributed by atoms with Crippen LogP contribution < -0.4 is 5.56 Å². The second-order valence-corrected chi connectivity index (χ2v) is 6.30. The molecule has 0 aromatic carbocycles.